The van der Waals surface area contributed by atoms with Gasteiger partial charge in [0, 0.05) is 35.2 Å². The number of aromatic nitrogens is 4. The zero-order chi connectivity index (χ0) is 17.4. The number of nitrogens with zero attached hydrogens (tertiary/aromatic N) is 3. The van der Waals surface area contributed by atoms with Gasteiger partial charge < -0.3 is 10.3 Å². The Morgan fingerprint density at radius 1 is 1.40 bits per heavy atom. The van der Waals surface area contributed by atoms with Crippen LogP contribution >= 0.6 is 11.8 Å². The third kappa shape index (κ3) is 3.04. The maximum absolute atomic E-state index is 12.1. The number of amides is 1. The number of nitrogens with one attached hydrogen (secondary N) is 2. The van der Waals surface area contributed by atoms with Crippen LogP contribution in [0.1, 0.15) is 32.7 Å². The predicted molar refractivity (Wildman–Crippen MR) is 99.6 cm³/mol. The summed E-state index contributed by atoms with van der Waals surface area (Å²) in [6, 6.07) is 8.64. The normalized spacial score (nSPS) is 15.4. The lowest BCUT2D eigenvalue weighted by molar-refractivity contribution is -0.120. The minimum atomic E-state index is -0.197. The number of benzene rings is 1. The van der Waals surface area contributed by atoms with Crippen molar-refractivity contribution in [3.8, 4) is 11.4 Å². The second-order valence-electron chi connectivity index (χ2n) is 6.31. The fraction of sp³-hybridized carbons (Fsp3) is 0.389. The molecule has 25 heavy (non-hydrogen) atoms. The summed E-state index contributed by atoms with van der Waals surface area (Å²) in [7, 11) is 0. The standard InChI is InChI=1S/C18H21N5OS/c1-3-19-17(24)11(2)25-18-22-21-16(23(18)12-8-9-12)14-10-20-15-7-5-4-6-13(14)15/h4-7,10-12,20H,3,8-9H2,1-2H3,(H,19,24)/t11-/m0/s1. The fourth-order valence-electron chi connectivity index (χ4n) is 2.99. The predicted octanol–water partition coefficient (Wildman–Crippen LogP) is 3.38. The number of H-pyrrole nitrogens is 1. The molecule has 2 aromatic heterocycles. The van der Waals surface area contributed by atoms with Crippen molar-refractivity contribution in [2.75, 3.05) is 6.54 Å². The highest BCUT2D eigenvalue weighted by molar-refractivity contribution is 8.00. The summed E-state index contributed by atoms with van der Waals surface area (Å²) < 4.78 is 2.20. The Hall–Kier alpha value is -2.28. The molecule has 2 N–H and O–H groups in total. The van der Waals surface area contributed by atoms with E-state index in [-0.39, 0.29) is 11.2 Å². The van der Waals surface area contributed by atoms with Gasteiger partial charge in [-0.2, -0.15) is 0 Å². The monoisotopic (exact) mass is 355 g/mol. The van der Waals surface area contributed by atoms with Crippen molar-refractivity contribution >= 4 is 28.6 Å². The van der Waals surface area contributed by atoms with Crippen molar-refractivity contribution in [3.63, 3.8) is 0 Å². The van der Waals surface area contributed by atoms with E-state index in [4.69, 9.17) is 0 Å². The molecule has 1 amide bonds. The lowest BCUT2D eigenvalue weighted by Gasteiger charge is -2.12. The Morgan fingerprint density at radius 2 is 2.20 bits per heavy atom. The van der Waals surface area contributed by atoms with Crippen LogP contribution in [0.2, 0.25) is 0 Å². The Balaban J connectivity index is 1.70. The van der Waals surface area contributed by atoms with E-state index in [0.717, 1.165) is 40.3 Å². The lowest BCUT2D eigenvalue weighted by atomic mass is 10.1. The molecule has 4 rings (SSSR count). The van der Waals surface area contributed by atoms with Crippen LogP contribution in [0.4, 0.5) is 0 Å². The number of para-hydroxylation sites is 1. The molecule has 2 heterocycles. The molecule has 130 valence electrons. The summed E-state index contributed by atoms with van der Waals surface area (Å²) in [6.07, 6.45) is 4.27. The van der Waals surface area contributed by atoms with Crippen LogP contribution in [-0.2, 0) is 4.79 Å². The fourth-order valence-corrected chi connectivity index (χ4v) is 3.93. The van der Waals surface area contributed by atoms with E-state index in [1.54, 1.807) is 0 Å². The quantitative estimate of drug-likeness (QED) is 0.665. The second kappa shape index (κ2) is 6.55. The SMILES string of the molecule is CCNC(=O)[C@H](C)Sc1nnc(-c2c[nH]c3ccccc23)n1C1CC1. The minimum Gasteiger partial charge on any atom is -0.360 e. The molecule has 6 nitrogen and oxygen atoms in total. The molecular formula is C18H21N5OS. The van der Waals surface area contributed by atoms with Crippen molar-refractivity contribution in [1.82, 2.24) is 25.1 Å². The van der Waals surface area contributed by atoms with E-state index < -0.39 is 0 Å². The van der Waals surface area contributed by atoms with Gasteiger partial charge in [-0.1, -0.05) is 30.0 Å². The molecule has 0 unspecified atom stereocenters. The molecular weight excluding hydrogens is 334 g/mol. The van der Waals surface area contributed by atoms with Gasteiger partial charge in [0.1, 0.15) is 0 Å². The largest absolute Gasteiger partial charge is 0.360 e. The van der Waals surface area contributed by atoms with Crippen molar-refractivity contribution in [2.24, 2.45) is 0 Å². The van der Waals surface area contributed by atoms with Crippen molar-refractivity contribution in [3.05, 3.63) is 30.5 Å². The highest BCUT2D eigenvalue weighted by Crippen LogP contribution is 2.42. The number of hydrogen-bond acceptors (Lipinski definition) is 4. The first-order valence-electron chi connectivity index (χ1n) is 8.64. The summed E-state index contributed by atoms with van der Waals surface area (Å²) in [5.74, 6) is 0.914. The molecule has 1 fully saturated rings. The van der Waals surface area contributed by atoms with Gasteiger partial charge in [-0.25, -0.2) is 0 Å². The van der Waals surface area contributed by atoms with E-state index in [9.17, 15) is 4.79 Å². The highest BCUT2D eigenvalue weighted by Gasteiger charge is 2.32. The van der Waals surface area contributed by atoms with E-state index in [1.165, 1.54) is 11.8 Å². The van der Waals surface area contributed by atoms with Crippen LogP contribution in [0, 0.1) is 0 Å². The summed E-state index contributed by atoms with van der Waals surface area (Å²) in [6.45, 7) is 4.48. The number of aromatic amines is 1. The molecule has 0 aliphatic heterocycles. The molecule has 0 bridgehead atoms. The molecule has 1 saturated carbocycles. The van der Waals surface area contributed by atoms with Crippen LogP contribution in [-0.4, -0.2) is 37.5 Å². The van der Waals surface area contributed by atoms with Crippen LogP contribution in [0.3, 0.4) is 0 Å². The maximum Gasteiger partial charge on any atom is 0.233 e. The average molecular weight is 355 g/mol. The highest BCUT2D eigenvalue weighted by atomic mass is 32.2. The molecule has 1 aliphatic carbocycles. The zero-order valence-corrected chi connectivity index (χ0v) is 15.1. The van der Waals surface area contributed by atoms with E-state index in [1.807, 2.05) is 32.2 Å². The Labute approximate surface area is 150 Å². The van der Waals surface area contributed by atoms with Gasteiger partial charge in [0.15, 0.2) is 11.0 Å². The topological polar surface area (TPSA) is 75.6 Å². The van der Waals surface area contributed by atoms with Gasteiger partial charge in [-0.3, -0.25) is 9.36 Å². The third-order valence-corrected chi connectivity index (χ3v) is 5.47. The third-order valence-electron chi connectivity index (χ3n) is 4.41. The summed E-state index contributed by atoms with van der Waals surface area (Å²) in [5.41, 5.74) is 2.15. The number of fused-ring (bicyclic) bond motifs is 1. The Kier molecular flexibility index (Phi) is 4.25. The zero-order valence-electron chi connectivity index (χ0n) is 14.3. The second-order valence-corrected chi connectivity index (χ2v) is 7.62. The number of carbonyl (C=O) groups excluding carboxylic acids is 1. The van der Waals surface area contributed by atoms with Gasteiger partial charge in [0.25, 0.3) is 0 Å². The van der Waals surface area contributed by atoms with Gasteiger partial charge >= 0.3 is 0 Å². The van der Waals surface area contributed by atoms with Gasteiger partial charge in [0.05, 0.1) is 5.25 Å². The van der Waals surface area contributed by atoms with Crippen LogP contribution in [0.25, 0.3) is 22.3 Å². The summed E-state index contributed by atoms with van der Waals surface area (Å²) in [5, 5.41) is 13.5. The minimum absolute atomic E-state index is 0.0338. The number of thioether (sulfide) groups is 1. The first kappa shape index (κ1) is 16.2. The molecule has 0 radical (unpaired) electrons. The Bertz CT molecular complexity index is 911. The van der Waals surface area contributed by atoms with Gasteiger partial charge in [-0.05, 0) is 32.8 Å². The first-order valence-corrected chi connectivity index (χ1v) is 9.52. The molecule has 1 aromatic carbocycles. The Morgan fingerprint density at radius 3 is 2.96 bits per heavy atom. The van der Waals surface area contributed by atoms with Gasteiger partial charge in [0.2, 0.25) is 5.91 Å². The molecule has 1 atom stereocenters. The van der Waals surface area contributed by atoms with E-state index in [2.05, 4.69) is 37.2 Å². The lowest BCUT2D eigenvalue weighted by Crippen LogP contribution is -2.30. The first-order chi connectivity index (χ1) is 12.2. The van der Waals surface area contributed by atoms with Crippen molar-refractivity contribution < 1.29 is 4.79 Å². The molecule has 1 aliphatic rings. The van der Waals surface area contributed by atoms with Crippen LogP contribution < -0.4 is 5.32 Å². The van der Waals surface area contributed by atoms with Crippen LogP contribution in [0.5, 0.6) is 0 Å². The molecule has 7 heteroatoms. The average Bonchev–Trinajstić information content (AvgIpc) is 3.23. The number of carbonyl (C=O) groups is 1. The molecule has 3 aromatic rings. The van der Waals surface area contributed by atoms with E-state index in [0.29, 0.717) is 12.6 Å². The maximum atomic E-state index is 12.1. The van der Waals surface area contributed by atoms with Crippen molar-refractivity contribution in [2.45, 2.75) is 43.1 Å². The molecule has 0 saturated heterocycles. The number of hydrogen-bond donors (Lipinski definition) is 2. The smallest absolute Gasteiger partial charge is 0.233 e. The van der Waals surface area contributed by atoms with Gasteiger partial charge in [-0.15, -0.1) is 10.2 Å². The summed E-state index contributed by atoms with van der Waals surface area (Å²) in [4.78, 5) is 15.4. The summed E-state index contributed by atoms with van der Waals surface area (Å²) >= 11 is 1.48. The van der Waals surface area contributed by atoms with Crippen LogP contribution in [0.15, 0.2) is 35.6 Å². The number of rotatable bonds is 6. The molecule has 0 spiro atoms. The van der Waals surface area contributed by atoms with E-state index >= 15 is 0 Å². The van der Waals surface area contributed by atoms with Crippen molar-refractivity contribution in [1.29, 1.82) is 0 Å².